The molecule has 2 aliphatic heterocycles. The summed E-state index contributed by atoms with van der Waals surface area (Å²) < 4.78 is 11.3. The fourth-order valence-corrected chi connectivity index (χ4v) is 6.45. The smallest absolute Gasteiger partial charge is 0.139 e. The third-order valence-corrected chi connectivity index (χ3v) is 8.80. The minimum atomic E-state index is 0.655. The molecule has 2 aliphatic rings. The summed E-state index contributed by atoms with van der Waals surface area (Å²) in [5.41, 5.74) is 1.33. The molecule has 1 aromatic heterocycles. The van der Waals surface area contributed by atoms with E-state index >= 15 is 0 Å². The molecule has 2 saturated heterocycles. The number of aromatic nitrogens is 2. The first-order valence-corrected chi connectivity index (χ1v) is 11.0. The van der Waals surface area contributed by atoms with E-state index in [4.69, 9.17) is 4.37 Å². The Morgan fingerprint density at radius 1 is 1.29 bits per heavy atom. The van der Waals surface area contributed by atoms with E-state index in [1.54, 1.807) is 0 Å². The predicted octanol–water partition coefficient (Wildman–Crippen LogP) is 4.54. The van der Waals surface area contributed by atoms with Gasteiger partial charge in [-0.15, -0.1) is 11.8 Å². The monoisotopic (exact) mass is 438 g/mol. The summed E-state index contributed by atoms with van der Waals surface area (Å²) in [6.45, 7) is 4.88. The lowest BCUT2D eigenvalue weighted by atomic mass is 9.89. The van der Waals surface area contributed by atoms with Crippen molar-refractivity contribution in [2.75, 3.05) is 25.9 Å². The zero-order valence-corrected chi connectivity index (χ0v) is 16.7. The zero-order valence-electron chi connectivity index (χ0n) is 12.9. The highest BCUT2D eigenvalue weighted by molar-refractivity contribution is 14.1. The maximum atomic E-state index is 4.71. The molecule has 2 fully saturated rings. The van der Waals surface area contributed by atoms with Crippen LogP contribution < -0.4 is 0 Å². The van der Waals surface area contributed by atoms with Gasteiger partial charge in [-0.25, -0.2) is 0 Å². The van der Waals surface area contributed by atoms with E-state index in [0.717, 1.165) is 9.97 Å². The number of nitrogens with zero attached hydrogens (tertiary/aromatic N) is 3. The second-order valence-electron chi connectivity index (χ2n) is 6.73. The Morgan fingerprint density at radius 2 is 2.14 bits per heavy atom. The highest BCUT2D eigenvalue weighted by Gasteiger charge is 2.51. The molecule has 2 bridgehead atoms. The average molecular weight is 438 g/mol. The number of thioether (sulfide) groups is 1. The van der Waals surface area contributed by atoms with Crippen LogP contribution in [0.5, 0.6) is 0 Å². The van der Waals surface area contributed by atoms with Gasteiger partial charge in [-0.3, -0.25) is 0 Å². The van der Waals surface area contributed by atoms with Crippen LogP contribution >= 0.6 is 46.1 Å². The summed E-state index contributed by atoms with van der Waals surface area (Å²) in [5, 5.41) is 1.24. The Kier molecular flexibility index (Phi) is 5.49. The summed E-state index contributed by atoms with van der Waals surface area (Å²) in [6.07, 6.45) is 6.67. The molecule has 3 rings (SSSR count). The Hall–Kier alpha value is 0.600. The van der Waals surface area contributed by atoms with Gasteiger partial charge in [-0.2, -0.15) is 8.75 Å². The Labute approximate surface area is 150 Å². The number of quaternary nitrogens is 1. The van der Waals surface area contributed by atoms with Crippen LogP contribution in [0.2, 0.25) is 0 Å². The molecule has 0 spiro atoms. The van der Waals surface area contributed by atoms with Crippen molar-refractivity contribution in [3.8, 4) is 0 Å². The second kappa shape index (κ2) is 7.01. The molecule has 118 valence electrons. The Morgan fingerprint density at radius 3 is 2.90 bits per heavy atom. The first-order chi connectivity index (χ1) is 10.1. The molecule has 0 amide bonds. The Balaban J connectivity index is 1.69. The first-order valence-electron chi connectivity index (χ1n) is 8.07. The van der Waals surface area contributed by atoms with Gasteiger partial charge in [0.25, 0.3) is 0 Å². The van der Waals surface area contributed by atoms with Crippen molar-refractivity contribution in [3.05, 3.63) is 5.69 Å². The molecule has 1 aromatic rings. The molecule has 3 nitrogen and oxygen atoms in total. The van der Waals surface area contributed by atoms with Crippen LogP contribution in [-0.4, -0.2) is 43.2 Å². The molecule has 4 unspecified atom stereocenters. The number of alkyl halides is 1. The van der Waals surface area contributed by atoms with Crippen molar-refractivity contribution >= 4 is 46.1 Å². The highest BCUT2D eigenvalue weighted by atomic mass is 127. The SMILES string of the molecule is CCCCCSc1nsnc1C1C[N+]2(C)CC1CCC2I. The number of piperidine rings is 1. The van der Waals surface area contributed by atoms with E-state index in [0.29, 0.717) is 5.92 Å². The van der Waals surface area contributed by atoms with Gasteiger partial charge < -0.3 is 4.48 Å². The van der Waals surface area contributed by atoms with Gasteiger partial charge in [-0.05, 0) is 41.2 Å². The van der Waals surface area contributed by atoms with E-state index in [1.165, 1.54) is 77.9 Å². The lowest BCUT2D eigenvalue weighted by molar-refractivity contribution is -0.909. The fraction of sp³-hybridized carbons (Fsp3) is 0.867. The lowest BCUT2D eigenvalue weighted by Crippen LogP contribution is -2.49. The normalized spacial score (nSPS) is 35.3. The van der Waals surface area contributed by atoms with Gasteiger partial charge in [-0.1, -0.05) is 19.8 Å². The van der Waals surface area contributed by atoms with E-state index in [-0.39, 0.29) is 0 Å². The van der Waals surface area contributed by atoms with Crippen LogP contribution in [0.1, 0.15) is 50.6 Å². The summed E-state index contributed by atoms with van der Waals surface area (Å²) in [5.74, 6) is 2.69. The lowest BCUT2D eigenvalue weighted by Gasteiger charge is -2.37. The second-order valence-corrected chi connectivity index (χ2v) is 9.78. The number of rotatable bonds is 6. The molecule has 3 heterocycles. The molecule has 0 N–H and O–H groups in total. The van der Waals surface area contributed by atoms with Crippen LogP contribution in [0.25, 0.3) is 0 Å². The highest BCUT2D eigenvalue weighted by Crippen LogP contribution is 2.47. The fourth-order valence-electron chi connectivity index (χ4n) is 3.86. The third-order valence-electron chi connectivity index (χ3n) is 5.11. The number of likely N-dealkylation sites (N-methyl/N-ethyl adjacent to an activating group) is 1. The van der Waals surface area contributed by atoms with Gasteiger partial charge >= 0.3 is 0 Å². The number of unbranched alkanes of at least 4 members (excludes halogenated alkanes) is 2. The summed E-state index contributed by atoms with van der Waals surface area (Å²) in [7, 11) is 2.44. The molecule has 4 atom stereocenters. The topological polar surface area (TPSA) is 25.8 Å². The maximum Gasteiger partial charge on any atom is 0.139 e. The van der Waals surface area contributed by atoms with Crippen molar-refractivity contribution in [1.29, 1.82) is 0 Å². The standard InChI is InChI=1S/C15H25IN3S2/c1-3-4-5-8-20-15-14(17-21-18-15)12-10-19(2)9-11(12)6-7-13(19)16/h11-13H,3-10H2,1-2H3/q+1. The average Bonchev–Trinajstić information content (AvgIpc) is 3.03. The third kappa shape index (κ3) is 3.43. The largest absolute Gasteiger partial charge is 0.315 e. The van der Waals surface area contributed by atoms with Crippen molar-refractivity contribution < 1.29 is 4.48 Å². The van der Waals surface area contributed by atoms with Crippen LogP contribution in [0.15, 0.2) is 5.03 Å². The molecule has 0 radical (unpaired) electrons. The van der Waals surface area contributed by atoms with Crippen molar-refractivity contribution in [1.82, 2.24) is 8.75 Å². The first kappa shape index (κ1) is 16.5. The van der Waals surface area contributed by atoms with E-state index in [1.807, 2.05) is 11.8 Å². The van der Waals surface area contributed by atoms with E-state index in [2.05, 4.69) is 40.9 Å². The Bertz CT molecular complexity index is 481. The number of hydrogen-bond acceptors (Lipinski definition) is 4. The zero-order chi connectivity index (χ0) is 14.9. The predicted molar refractivity (Wildman–Crippen MR) is 99.3 cm³/mol. The number of fused-ring (bicyclic) bond motifs is 2. The molecule has 21 heavy (non-hydrogen) atoms. The molecule has 6 heteroatoms. The van der Waals surface area contributed by atoms with E-state index in [9.17, 15) is 0 Å². The number of halogens is 1. The van der Waals surface area contributed by atoms with Crippen LogP contribution in [0.3, 0.4) is 0 Å². The van der Waals surface area contributed by atoms with Gasteiger partial charge in [0, 0.05) is 12.3 Å². The quantitative estimate of drug-likeness (QED) is 0.163. The van der Waals surface area contributed by atoms with Gasteiger partial charge in [0.15, 0.2) is 0 Å². The van der Waals surface area contributed by atoms with Crippen molar-refractivity contribution in [2.45, 2.75) is 54.0 Å². The van der Waals surface area contributed by atoms with Crippen LogP contribution in [-0.2, 0) is 0 Å². The summed E-state index contributed by atoms with van der Waals surface area (Å²) in [6, 6.07) is 0. The summed E-state index contributed by atoms with van der Waals surface area (Å²) in [4.78, 5) is 0. The van der Waals surface area contributed by atoms with E-state index < -0.39 is 0 Å². The van der Waals surface area contributed by atoms with Crippen LogP contribution in [0.4, 0.5) is 0 Å². The molecule has 0 aromatic carbocycles. The van der Waals surface area contributed by atoms with Gasteiger partial charge in [0.1, 0.15) is 9.07 Å². The van der Waals surface area contributed by atoms with Gasteiger partial charge in [0.2, 0.25) is 0 Å². The van der Waals surface area contributed by atoms with Crippen molar-refractivity contribution in [3.63, 3.8) is 0 Å². The molecular weight excluding hydrogens is 413 g/mol. The van der Waals surface area contributed by atoms with Crippen molar-refractivity contribution in [2.24, 2.45) is 5.92 Å². The molecular formula is C15H25IN3S2+. The van der Waals surface area contributed by atoms with Gasteiger partial charge in [0.05, 0.1) is 43.5 Å². The molecule has 0 saturated carbocycles. The minimum absolute atomic E-state index is 0.655. The minimum Gasteiger partial charge on any atom is -0.315 e. The summed E-state index contributed by atoms with van der Waals surface area (Å²) >= 11 is 6.03. The van der Waals surface area contributed by atoms with Crippen LogP contribution in [0, 0.1) is 5.92 Å². The maximum absolute atomic E-state index is 4.71. The number of hydrogen-bond donors (Lipinski definition) is 0. The molecule has 0 aliphatic carbocycles.